The van der Waals surface area contributed by atoms with Gasteiger partial charge in [0.05, 0.1) is 33.0 Å². The number of carbonyl (C=O) groups is 5. The van der Waals surface area contributed by atoms with E-state index in [0.29, 0.717) is 0 Å². The number of nitrogens with zero attached hydrogens (tertiary/aromatic N) is 2. The summed E-state index contributed by atoms with van der Waals surface area (Å²) in [5.74, 6) is -3.94. The first-order chi connectivity index (χ1) is 21.6. The van der Waals surface area contributed by atoms with Crippen molar-refractivity contribution in [3.05, 3.63) is 0 Å². The molecule has 2 aliphatic heterocycles. The third-order valence-electron chi connectivity index (χ3n) is 7.24. The molecule has 2 heterocycles. The topological polar surface area (TPSA) is 294 Å². The molecule has 264 valence electrons. The molecule has 20 heteroatoms. The first-order valence-electron chi connectivity index (χ1n) is 14.4. The van der Waals surface area contributed by atoms with Gasteiger partial charge in [-0.25, -0.2) is 0 Å². The predicted octanol–water partition coefficient (Wildman–Crippen LogP) is -6.33. The largest absolute Gasteiger partial charge is 0.480 e. The Kier molecular flexibility index (Phi) is 15.6. The average molecular weight is 669 g/mol. The molecule has 20 nitrogen and oxygen atoms in total. The number of aliphatic hydroxyl groups excluding tert-OH is 6. The third kappa shape index (κ3) is 11.0. The van der Waals surface area contributed by atoms with Gasteiger partial charge in [-0.05, 0) is 0 Å². The van der Waals surface area contributed by atoms with Crippen molar-refractivity contribution in [2.75, 3.05) is 52.6 Å². The lowest BCUT2D eigenvalue weighted by Gasteiger charge is -2.42. The standard InChI is InChI=1S/C26H44N4O16/c1-12(33)27-19-23(41)21(39)15(10-31)45-25(19)43-6-4-29(14(3)35)8-17(36)30(9-18(37)38)5-7-44-26-20(28-13(2)34)24(42)22(40)16(11-32)46-26/h15-16,19-26,31-32,39-42H,4-11H2,1-3H3,(H,27,33)(H,28,34)(H,37,38)/t15-,16-,19-,20-,21+,22+,23-,24-,25+,26+/m1/s1. The fourth-order valence-corrected chi connectivity index (χ4v) is 4.85. The number of nitrogens with one attached hydrogen (secondary N) is 2. The van der Waals surface area contributed by atoms with Gasteiger partial charge < -0.3 is 75.1 Å². The summed E-state index contributed by atoms with van der Waals surface area (Å²) in [5, 5.41) is 74.1. The van der Waals surface area contributed by atoms with Gasteiger partial charge in [0.2, 0.25) is 23.6 Å². The summed E-state index contributed by atoms with van der Waals surface area (Å²) in [7, 11) is 0. The summed E-state index contributed by atoms with van der Waals surface area (Å²) in [5.41, 5.74) is 0. The van der Waals surface area contributed by atoms with Crippen LogP contribution in [0.1, 0.15) is 20.8 Å². The summed E-state index contributed by atoms with van der Waals surface area (Å²) in [6.45, 7) is -0.556. The molecule has 0 bridgehead atoms. The predicted molar refractivity (Wildman–Crippen MR) is 149 cm³/mol. The molecule has 46 heavy (non-hydrogen) atoms. The lowest BCUT2D eigenvalue weighted by Crippen LogP contribution is -2.64. The second kappa shape index (κ2) is 18.3. The number of carbonyl (C=O) groups excluding carboxylic acids is 4. The lowest BCUT2D eigenvalue weighted by atomic mass is 9.97. The number of aliphatic hydroxyl groups is 6. The van der Waals surface area contributed by atoms with Crippen LogP contribution in [-0.2, 0) is 42.9 Å². The molecule has 0 saturated carbocycles. The van der Waals surface area contributed by atoms with Crippen molar-refractivity contribution in [1.82, 2.24) is 20.4 Å². The van der Waals surface area contributed by atoms with Crippen molar-refractivity contribution < 1.29 is 78.7 Å². The highest BCUT2D eigenvalue weighted by molar-refractivity contribution is 5.86. The zero-order chi connectivity index (χ0) is 34.7. The normalized spacial score (nSPS) is 31.1. The molecule has 2 saturated heterocycles. The Bertz CT molecular complexity index is 1050. The fourth-order valence-electron chi connectivity index (χ4n) is 4.85. The second-order valence-corrected chi connectivity index (χ2v) is 10.8. The number of carboxylic acids is 1. The summed E-state index contributed by atoms with van der Waals surface area (Å²) < 4.78 is 22.0. The quantitative estimate of drug-likeness (QED) is 0.0739. The van der Waals surface area contributed by atoms with Crippen LogP contribution in [0.15, 0.2) is 0 Å². The minimum atomic E-state index is -1.58. The van der Waals surface area contributed by atoms with Crippen LogP contribution in [0.2, 0.25) is 0 Å². The van der Waals surface area contributed by atoms with Crippen LogP contribution < -0.4 is 10.6 Å². The van der Waals surface area contributed by atoms with E-state index in [2.05, 4.69) is 10.6 Å². The van der Waals surface area contributed by atoms with Gasteiger partial charge in [-0.1, -0.05) is 0 Å². The Labute approximate surface area is 263 Å². The van der Waals surface area contributed by atoms with Crippen LogP contribution in [-0.4, -0.2) is 189 Å². The van der Waals surface area contributed by atoms with Crippen molar-refractivity contribution in [1.29, 1.82) is 0 Å². The molecule has 0 aromatic carbocycles. The van der Waals surface area contributed by atoms with Gasteiger partial charge in [-0.2, -0.15) is 0 Å². The monoisotopic (exact) mass is 668 g/mol. The van der Waals surface area contributed by atoms with Crippen LogP contribution in [0.4, 0.5) is 0 Å². The van der Waals surface area contributed by atoms with Crippen molar-refractivity contribution in [2.45, 2.75) is 82.1 Å². The molecule has 0 aromatic rings. The molecule has 4 amide bonds. The number of hydrogen-bond acceptors (Lipinski definition) is 15. The highest BCUT2D eigenvalue weighted by Crippen LogP contribution is 2.23. The van der Waals surface area contributed by atoms with Crippen LogP contribution in [0.25, 0.3) is 0 Å². The molecule has 2 fully saturated rings. The maximum Gasteiger partial charge on any atom is 0.323 e. The Morgan fingerprint density at radius 1 is 0.674 bits per heavy atom. The van der Waals surface area contributed by atoms with E-state index in [4.69, 9.17) is 18.9 Å². The third-order valence-corrected chi connectivity index (χ3v) is 7.24. The van der Waals surface area contributed by atoms with E-state index >= 15 is 0 Å². The highest BCUT2D eigenvalue weighted by atomic mass is 16.7. The number of hydrogen-bond donors (Lipinski definition) is 9. The Morgan fingerprint density at radius 3 is 1.43 bits per heavy atom. The van der Waals surface area contributed by atoms with E-state index in [-0.39, 0.29) is 26.3 Å². The molecular formula is C26H44N4O16. The van der Waals surface area contributed by atoms with Crippen LogP contribution in [0, 0.1) is 0 Å². The fraction of sp³-hybridized carbons (Fsp3) is 0.808. The molecule has 2 aliphatic rings. The molecule has 0 aromatic heterocycles. The molecule has 0 aliphatic carbocycles. The van der Waals surface area contributed by atoms with Crippen LogP contribution >= 0.6 is 0 Å². The SMILES string of the molecule is CC(=O)N[C@H]1[C@@H](OCCN(CC(=O)N(CCO[C@H]2O[C@H](CO)[C@H](O)[C@H](O)[C@H]2NC(C)=O)CC(=O)O)C(C)=O)O[C@H](CO)[C@H](O)[C@@H]1O. The Hall–Kier alpha value is -3.05. The minimum absolute atomic E-state index is 0.231. The maximum atomic E-state index is 13.1. The first kappa shape index (κ1) is 39.1. The van der Waals surface area contributed by atoms with E-state index < -0.39 is 117 Å². The van der Waals surface area contributed by atoms with E-state index in [1.807, 2.05) is 0 Å². The van der Waals surface area contributed by atoms with Crippen LogP contribution in [0.3, 0.4) is 0 Å². The van der Waals surface area contributed by atoms with Gasteiger partial charge in [0.1, 0.15) is 55.3 Å². The van der Waals surface area contributed by atoms with Gasteiger partial charge in [0.25, 0.3) is 0 Å². The zero-order valence-corrected chi connectivity index (χ0v) is 25.6. The van der Waals surface area contributed by atoms with Crippen molar-refractivity contribution >= 4 is 29.6 Å². The second-order valence-electron chi connectivity index (χ2n) is 10.8. The summed E-state index contributed by atoms with van der Waals surface area (Å²) in [6.07, 6.45) is -11.5. The van der Waals surface area contributed by atoms with Crippen molar-refractivity contribution in [2.24, 2.45) is 0 Å². The summed E-state index contributed by atoms with van der Waals surface area (Å²) in [4.78, 5) is 62.0. The van der Waals surface area contributed by atoms with E-state index in [1.54, 1.807) is 0 Å². The van der Waals surface area contributed by atoms with Gasteiger partial charge in [0.15, 0.2) is 12.6 Å². The summed E-state index contributed by atoms with van der Waals surface area (Å²) >= 11 is 0. The Balaban J connectivity index is 2.04. The highest BCUT2D eigenvalue weighted by Gasteiger charge is 2.46. The molecule has 10 atom stereocenters. The molecule has 0 radical (unpaired) electrons. The van der Waals surface area contributed by atoms with Gasteiger partial charge in [0, 0.05) is 33.9 Å². The zero-order valence-electron chi connectivity index (χ0n) is 25.6. The number of rotatable bonds is 16. The lowest BCUT2D eigenvalue weighted by molar-refractivity contribution is -0.270. The average Bonchev–Trinajstić information content (AvgIpc) is 2.98. The number of carboxylic acid groups (broad SMARTS) is 1. The minimum Gasteiger partial charge on any atom is -0.480 e. The van der Waals surface area contributed by atoms with Crippen molar-refractivity contribution in [3.63, 3.8) is 0 Å². The number of ether oxygens (including phenoxy) is 4. The van der Waals surface area contributed by atoms with E-state index in [9.17, 15) is 59.7 Å². The van der Waals surface area contributed by atoms with E-state index in [1.165, 1.54) is 0 Å². The van der Waals surface area contributed by atoms with Crippen molar-refractivity contribution in [3.8, 4) is 0 Å². The van der Waals surface area contributed by atoms with E-state index in [0.717, 1.165) is 30.6 Å². The molecule has 2 rings (SSSR count). The molecule has 0 unspecified atom stereocenters. The molecular weight excluding hydrogens is 624 g/mol. The Morgan fingerprint density at radius 2 is 1.09 bits per heavy atom. The molecule has 0 spiro atoms. The number of amides is 4. The van der Waals surface area contributed by atoms with Crippen LogP contribution in [0.5, 0.6) is 0 Å². The first-order valence-corrected chi connectivity index (χ1v) is 14.4. The maximum absolute atomic E-state index is 13.1. The van der Waals surface area contributed by atoms with Gasteiger partial charge >= 0.3 is 5.97 Å². The van der Waals surface area contributed by atoms with Gasteiger partial charge in [-0.3, -0.25) is 24.0 Å². The summed E-state index contributed by atoms with van der Waals surface area (Å²) in [6, 6.07) is -2.49. The number of aliphatic carboxylic acids is 1. The van der Waals surface area contributed by atoms with Gasteiger partial charge in [-0.15, -0.1) is 0 Å². The smallest absolute Gasteiger partial charge is 0.323 e. The molecule has 9 N–H and O–H groups in total.